The number of nitrogens with zero attached hydrogens (tertiary/aromatic N) is 3. The number of benzene rings is 2. The van der Waals surface area contributed by atoms with Gasteiger partial charge < -0.3 is 4.74 Å². The molecule has 5 rings (SSSR count). The van der Waals surface area contributed by atoms with Crippen molar-refractivity contribution in [2.75, 3.05) is 11.9 Å². The highest BCUT2D eigenvalue weighted by Gasteiger charge is 2.29. The van der Waals surface area contributed by atoms with E-state index in [0.717, 1.165) is 40.7 Å². The number of carbonyl (C=O) groups excluding carboxylic acids is 2. The quantitative estimate of drug-likeness (QED) is 0.307. The summed E-state index contributed by atoms with van der Waals surface area (Å²) < 4.78 is 5.71. The number of hydrogen-bond acceptors (Lipinski definition) is 7. The van der Waals surface area contributed by atoms with E-state index < -0.39 is 18.0 Å². The summed E-state index contributed by atoms with van der Waals surface area (Å²) in [6.45, 7) is 7.33. The highest BCUT2D eigenvalue weighted by Crippen LogP contribution is 2.31. The predicted molar refractivity (Wildman–Crippen MR) is 147 cm³/mol. The van der Waals surface area contributed by atoms with Crippen molar-refractivity contribution in [1.29, 1.82) is 0 Å². The number of ether oxygens (including phenoxy) is 1. The van der Waals surface area contributed by atoms with E-state index in [-0.39, 0.29) is 0 Å². The lowest BCUT2D eigenvalue weighted by Gasteiger charge is -2.32. The Kier molecular flexibility index (Phi) is 7.24. The standard InChI is InChI=1S/C28H27ClN4O3S/c1-16(2)33-13-12-23-20(14-33)25(19-9-5-7-11-22(19)30-23)27(35)36-17(3)26(34)32-28-31-24(15-37-28)18-8-4-6-10-21(18)29/h4-11,15-17H,12-14H2,1-3H3,(H,31,32,34). The second-order valence-corrected chi connectivity index (χ2v) is 10.6. The normalized spacial score (nSPS) is 14.4. The van der Waals surface area contributed by atoms with Crippen LogP contribution in [0.4, 0.5) is 5.13 Å². The van der Waals surface area contributed by atoms with Crippen molar-refractivity contribution in [3.05, 3.63) is 75.8 Å². The summed E-state index contributed by atoms with van der Waals surface area (Å²) in [7, 11) is 0. The van der Waals surface area contributed by atoms with E-state index in [0.29, 0.717) is 34.0 Å². The van der Waals surface area contributed by atoms with Crippen LogP contribution in [0, 0.1) is 0 Å². The second kappa shape index (κ2) is 10.6. The van der Waals surface area contributed by atoms with Crippen LogP contribution in [-0.2, 0) is 22.5 Å². The summed E-state index contributed by atoms with van der Waals surface area (Å²) >= 11 is 7.55. The third-order valence-electron chi connectivity index (χ3n) is 6.55. The molecule has 1 atom stereocenters. The number of halogens is 1. The van der Waals surface area contributed by atoms with Gasteiger partial charge in [-0.1, -0.05) is 48.0 Å². The number of aromatic nitrogens is 2. The van der Waals surface area contributed by atoms with Gasteiger partial charge in [0.1, 0.15) is 0 Å². The van der Waals surface area contributed by atoms with Gasteiger partial charge in [0.15, 0.2) is 11.2 Å². The molecule has 0 saturated carbocycles. The predicted octanol–water partition coefficient (Wildman–Crippen LogP) is 5.96. The van der Waals surface area contributed by atoms with Gasteiger partial charge in [-0.2, -0.15) is 0 Å². The van der Waals surface area contributed by atoms with E-state index in [1.165, 1.54) is 11.3 Å². The van der Waals surface area contributed by atoms with Crippen LogP contribution in [-0.4, -0.2) is 45.4 Å². The van der Waals surface area contributed by atoms with E-state index in [2.05, 4.69) is 29.0 Å². The second-order valence-electron chi connectivity index (χ2n) is 9.30. The Morgan fingerprint density at radius 3 is 2.62 bits per heavy atom. The highest BCUT2D eigenvalue weighted by molar-refractivity contribution is 7.14. The molecule has 1 amide bonds. The smallest absolute Gasteiger partial charge is 0.339 e. The summed E-state index contributed by atoms with van der Waals surface area (Å²) in [5.41, 5.74) is 4.47. The number of carbonyl (C=O) groups is 2. The van der Waals surface area contributed by atoms with E-state index >= 15 is 0 Å². The summed E-state index contributed by atoms with van der Waals surface area (Å²) in [5, 5.41) is 6.30. The van der Waals surface area contributed by atoms with Gasteiger partial charge in [0, 0.05) is 58.2 Å². The molecule has 1 aliphatic heterocycles. The topological polar surface area (TPSA) is 84.4 Å². The van der Waals surface area contributed by atoms with E-state index in [4.69, 9.17) is 21.3 Å². The molecule has 0 radical (unpaired) electrons. The van der Waals surface area contributed by atoms with Crippen molar-refractivity contribution in [3.63, 3.8) is 0 Å². The number of amides is 1. The molecule has 1 unspecified atom stereocenters. The monoisotopic (exact) mass is 534 g/mol. The van der Waals surface area contributed by atoms with Crippen molar-refractivity contribution < 1.29 is 14.3 Å². The van der Waals surface area contributed by atoms with Crippen molar-refractivity contribution in [2.45, 2.75) is 45.9 Å². The van der Waals surface area contributed by atoms with Gasteiger partial charge in [-0.05, 0) is 32.9 Å². The number of fused-ring (bicyclic) bond motifs is 2. The first-order valence-electron chi connectivity index (χ1n) is 12.2. The molecule has 7 nitrogen and oxygen atoms in total. The molecular formula is C28H27ClN4O3S. The van der Waals surface area contributed by atoms with E-state index in [1.807, 2.05) is 47.8 Å². The fraction of sp³-hybridized carbons (Fsp3) is 0.286. The maximum absolute atomic E-state index is 13.5. The molecule has 1 aliphatic rings. The zero-order valence-corrected chi connectivity index (χ0v) is 22.4. The molecular weight excluding hydrogens is 508 g/mol. The third-order valence-corrected chi connectivity index (χ3v) is 7.63. The molecule has 4 aromatic rings. The maximum atomic E-state index is 13.5. The molecule has 2 aromatic carbocycles. The average Bonchev–Trinajstić information content (AvgIpc) is 3.35. The first kappa shape index (κ1) is 25.3. The van der Waals surface area contributed by atoms with Crippen LogP contribution in [0.1, 0.15) is 42.4 Å². The highest BCUT2D eigenvalue weighted by atomic mass is 35.5. The molecule has 3 heterocycles. The fourth-order valence-corrected chi connectivity index (χ4v) is 5.43. The van der Waals surface area contributed by atoms with Crippen molar-refractivity contribution in [1.82, 2.24) is 14.9 Å². The Balaban J connectivity index is 1.36. The van der Waals surface area contributed by atoms with Crippen LogP contribution in [0.5, 0.6) is 0 Å². The molecule has 9 heteroatoms. The van der Waals surface area contributed by atoms with Crippen LogP contribution >= 0.6 is 22.9 Å². The van der Waals surface area contributed by atoms with Crippen LogP contribution in [0.3, 0.4) is 0 Å². The molecule has 0 saturated heterocycles. The molecule has 0 bridgehead atoms. The van der Waals surface area contributed by atoms with Crippen LogP contribution in [0.2, 0.25) is 5.02 Å². The molecule has 2 aromatic heterocycles. The number of pyridine rings is 1. The Labute approximate surface area is 224 Å². The summed E-state index contributed by atoms with van der Waals surface area (Å²) in [6, 6.07) is 15.3. The Hall–Kier alpha value is -3.33. The minimum atomic E-state index is -1.02. The number of hydrogen-bond donors (Lipinski definition) is 1. The van der Waals surface area contributed by atoms with Crippen molar-refractivity contribution in [2.24, 2.45) is 0 Å². The third kappa shape index (κ3) is 5.23. The SMILES string of the molecule is CC(OC(=O)c1c2c(nc3ccccc13)CCN(C(C)C)C2)C(=O)Nc1nc(-c2ccccc2Cl)cs1. The lowest BCUT2D eigenvalue weighted by atomic mass is 9.95. The van der Waals surface area contributed by atoms with Crippen molar-refractivity contribution in [3.8, 4) is 11.3 Å². The number of rotatable bonds is 6. The Bertz CT molecular complexity index is 1490. The molecule has 0 fully saturated rings. The van der Waals surface area contributed by atoms with Crippen LogP contribution < -0.4 is 5.32 Å². The first-order valence-corrected chi connectivity index (χ1v) is 13.4. The summed E-state index contributed by atoms with van der Waals surface area (Å²) in [4.78, 5) is 38.1. The van der Waals surface area contributed by atoms with Crippen LogP contribution in [0.25, 0.3) is 22.2 Å². The van der Waals surface area contributed by atoms with Gasteiger partial charge in [0.25, 0.3) is 5.91 Å². The minimum absolute atomic E-state index is 0.335. The summed E-state index contributed by atoms with van der Waals surface area (Å²) in [6.07, 6.45) is -0.264. The molecule has 37 heavy (non-hydrogen) atoms. The van der Waals surface area contributed by atoms with Gasteiger partial charge in [-0.25, -0.2) is 9.78 Å². The Morgan fingerprint density at radius 1 is 1.08 bits per heavy atom. The molecule has 0 aliphatic carbocycles. The lowest BCUT2D eigenvalue weighted by molar-refractivity contribution is -0.123. The molecule has 190 valence electrons. The van der Waals surface area contributed by atoms with Gasteiger partial charge in [0.05, 0.1) is 16.8 Å². The van der Waals surface area contributed by atoms with E-state index in [9.17, 15) is 9.59 Å². The average molecular weight is 535 g/mol. The zero-order chi connectivity index (χ0) is 26.1. The minimum Gasteiger partial charge on any atom is -0.449 e. The van der Waals surface area contributed by atoms with Gasteiger partial charge in [0.2, 0.25) is 0 Å². The number of nitrogens with one attached hydrogen (secondary N) is 1. The molecule has 0 spiro atoms. The number of para-hydroxylation sites is 1. The largest absolute Gasteiger partial charge is 0.449 e. The maximum Gasteiger partial charge on any atom is 0.339 e. The first-order chi connectivity index (χ1) is 17.8. The fourth-order valence-electron chi connectivity index (χ4n) is 4.49. The number of anilines is 1. The van der Waals surface area contributed by atoms with Gasteiger partial charge in [-0.15, -0.1) is 11.3 Å². The van der Waals surface area contributed by atoms with Gasteiger partial charge in [-0.3, -0.25) is 20.0 Å². The summed E-state index contributed by atoms with van der Waals surface area (Å²) in [5.74, 6) is -0.983. The Morgan fingerprint density at radius 2 is 1.84 bits per heavy atom. The van der Waals surface area contributed by atoms with E-state index in [1.54, 1.807) is 13.0 Å². The number of esters is 1. The molecule has 1 N–H and O–H groups in total. The zero-order valence-electron chi connectivity index (χ0n) is 20.8. The number of thiazole rings is 1. The van der Waals surface area contributed by atoms with Crippen LogP contribution in [0.15, 0.2) is 53.9 Å². The lowest BCUT2D eigenvalue weighted by Crippen LogP contribution is -2.37. The van der Waals surface area contributed by atoms with Gasteiger partial charge >= 0.3 is 5.97 Å². The van der Waals surface area contributed by atoms with Crippen molar-refractivity contribution >= 4 is 50.8 Å².